The van der Waals surface area contributed by atoms with Crippen molar-refractivity contribution in [3.63, 3.8) is 0 Å². The maximum atomic E-state index is 9.75. The van der Waals surface area contributed by atoms with Gasteiger partial charge in [0.15, 0.2) is 0 Å². The molecule has 0 spiro atoms. The van der Waals surface area contributed by atoms with Crippen LogP contribution in [0.5, 0.6) is 0 Å². The van der Waals surface area contributed by atoms with Gasteiger partial charge in [0.2, 0.25) is 0 Å². The van der Waals surface area contributed by atoms with Gasteiger partial charge in [0.1, 0.15) is 0 Å². The number of allylic oxidation sites excluding steroid dienone is 4. The minimum absolute atomic E-state index is 0. The minimum atomic E-state index is -6.00. The van der Waals surface area contributed by atoms with Crippen LogP contribution in [0.3, 0.4) is 0 Å². The first-order chi connectivity index (χ1) is 23.9. The fourth-order valence-corrected chi connectivity index (χ4v) is 11.5. The number of benzene rings is 5. The summed E-state index contributed by atoms with van der Waals surface area (Å²) >= 11 is 0. The van der Waals surface area contributed by atoms with E-state index in [0.717, 1.165) is 0 Å². The van der Waals surface area contributed by atoms with Crippen LogP contribution in [-0.4, -0.2) is 30.4 Å². The molecule has 0 aromatic heterocycles. The molecular formula is C42H44BF4P2Rh. The fourth-order valence-electron chi connectivity index (χ4n) is 6.48. The first-order valence-electron chi connectivity index (χ1n) is 17.3. The van der Waals surface area contributed by atoms with Crippen LogP contribution in [0.25, 0.3) is 21.5 Å². The van der Waals surface area contributed by atoms with Crippen LogP contribution < -0.4 is 0 Å². The van der Waals surface area contributed by atoms with E-state index in [1.165, 1.54) is 90.8 Å². The molecule has 0 amide bonds. The van der Waals surface area contributed by atoms with E-state index in [-0.39, 0.29) is 19.5 Å². The summed E-state index contributed by atoms with van der Waals surface area (Å²) in [6, 6.07) is 39.5. The Balaban J connectivity index is 0.000000230. The molecule has 8 heteroatoms. The summed E-state index contributed by atoms with van der Waals surface area (Å²) < 4.78 is 39.0. The molecule has 1 unspecified atom stereocenters. The van der Waals surface area contributed by atoms with Crippen molar-refractivity contribution in [2.75, 3.05) is 12.3 Å². The van der Waals surface area contributed by atoms with E-state index in [1.807, 2.05) is 36.4 Å². The van der Waals surface area contributed by atoms with E-state index in [1.54, 1.807) is 29.9 Å². The molecule has 50 heavy (non-hydrogen) atoms. The smallest absolute Gasteiger partial charge is 0.418 e. The van der Waals surface area contributed by atoms with Crippen molar-refractivity contribution in [2.24, 2.45) is 0 Å². The molecule has 5 aromatic carbocycles. The molecule has 2 heterocycles. The van der Waals surface area contributed by atoms with Crippen molar-refractivity contribution in [1.82, 2.24) is 0 Å². The van der Waals surface area contributed by atoms with Gasteiger partial charge in [0.05, 0.1) is 0 Å². The molecule has 0 nitrogen and oxygen atoms in total. The summed E-state index contributed by atoms with van der Waals surface area (Å²) in [5, 5.41) is 7.47. The van der Waals surface area contributed by atoms with Crippen molar-refractivity contribution in [2.45, 2.75) is 51.4 Å². The third-order valence-corrected chi connectivity index (χ3v) is 13.5. The van der Waals surface area contributed by atoms with Gasteiger partial charge in [-0.3, -0.25) is 0 Å². The summed E-state index contributed by atoms with van der Waals surface area (Å²) in [6.07, 6.45) is 21.7. The summed E-state index contributed by atoms with van der Waals surface area (Å²) in [6.45, 7) is 0. The molecule has 1 atom stereocenters. The second-order valence-corrected chi connectivity index (χ2v) is 16.3. The molecule has 3 aliphatic rings. The van der Waals surface area contributed by atoms with Crippen molar-refractivity contribution in [3.05, 3.63) is 156 Å². The molecule has 8 rings (SSSR count). The van der Waals surface area contributed by atoms with Gasteiger partial charge in [-0.05, 0) is 107 Å². The number of rotatable bonds is 1. The zero-order valence-electron chi connectivity index (χ0n) is 28.2. The number of aryl methyl sites for hydroxylation is 2. The van der Waals surface area contributed by atoms with Crippen LogP contribution in [0, 0.1) is 0 Å². The summed E-state index contributed by atoms with van der Waals surface area (Å²) in [5.41, 5.74) is 6.29. The van der Waals surface area contributed by atoms with E-state index >= 15 is 0 Å². The van der Waals surface area contributed by atoms with Crippen LogP contribution >= 0.6 is 15.7 Å². The van der Waals surface area contributed by atoms with Gasteiger partial charge in [-0.15, -0.1) is 0 Å². The number of halogens is 4. The van der Waals surface area contributed by atoms with Gasteiger partial charge in [-0.2, -0.15) is 0 Å². The normalized spacial score (nSPS) is 18.2. The predicted octanol–water partition coefficient (Wildman–Crippen LogP) is 13.0. The molecule has 0 saturated carbocycles. The Labute approximate surface area is 310 Å². The van der Waals surface area contributed by atoms with Crippen LogP contribution in [0.4, 0.5) is 17.3 Å². The fraction of sp³-hybridized carbons (Fsp3) is 0.238. The molecular weight excluding hydrogens is 756 g/mol. The summed E-state index contributed by atoms with van der Waals surface area (Å²) in [5.74, 6) is 2.73. The maximum absolute atomic E-state index is 9.75. The number of fused-ring (bicyclic) bond motifs is 6. The van der Waals surface area contributed by atoms with Crippen LogP contribution in [0.2, 0.25) is 0 Å². The average Bonchev–Trinajstić information content (AvgIpc) is 3.45. The van der Waals surface area contributed by atoms with E-state index in [0.29, 0.717) is 0 Å². The van der Waals surface area contributed by atoms with Crippen molar-refractivity contribution in [3.8, 4) is 0 Å². The quantitative estimate of drug-likeness (QED) is 0.0686. The molecule has 0 radical (unpaired) electrons. The van der Waals surface area contributed by atoms with Crippen molar-refractivity contribution < 1.29 is 36.7 Å². The van der Waals surface area contributed by atoms with Gasteiger partial charge in [-0.25, -0.2) is 0 Å². The maximum Gasteiger partial charge on any atom is 1.00 e. The zero-order valence-corrected chi connectivity index (χ0v) is 31.8. The van der Waals surface area contributed by atoms with E-state index in [9.17, 15) is 17.3 Å². The molecule has 0 N–H and O–H groups in total. The van der Waals surface area contributed by atoms with E-state index < -0.39 is 14.8 Å². The molecule has 2 aliphatic heterocycles. The SMILES string of the molecule is C1=C/CC/C=C/CC/1.C1=[PH](C2=PCCCc3ccc4ccccc4c32)CCCc2ccc3ccccc3c21.F[B-](F)(F)F.[Rh+].c1ccccc1. The van der Waals surface area contributed by atoms with Crippen LogP contribution in [-0.2, 0) is 32.3 Å². The standard InChI is InChI=1S/C28H26P2.C8H12.C6H6.BF4.Rh/c1-3-11-24-20(7-1)13-14-22-10-6-18-30(19-26(22)24)28-27-23(9-5-17-29-28)16-15-21-8-2-4-12-25(21)27;1-2-4-6-8-7-5-3-1;1-2-4-6-5-3-1;2-1(3,4)5;/h1-4,7-8,11-16,19,30H,5-6,9-10,17-18H2;1-2,7-8H,3-6H2;1-6H;;/q;;;-1;+1/b;2-1+,8-7+;;;. The van der Waals surface area contributed by atoms with Crippen LogP contribution in [0.1, 0.15) is 60.8 Å². The number of hydrogen-bond donors (Lipinski definition) is 0. The van der Waals surface area contributed by atoms with Gasteiger partial charge in [0.25, 0.3) is 0 Å². The Hall–Kier alpha value is -3.02. The third kappa shape index (κ3) is 12.3. The Morgan fingerprint density at radius 1 is 0.540 bits per heavy atom. The second kappa shape index (κ2) is 20.7. The molecule has 0 saturated heterocycles. The molecule has 0 fully saturated rings. The Bertz CT molecular complexity index is 1880. The summed E-state index contributed by atoms with van der Waals surface area (Å²) in [7, 11) is -5.15. The third-order valence-electron chi connectivity index (χ3n) is 8.70. The van der Waals surface area contributed by atoms with Crippen molar-refractivity contribution in [1.29, 1.82) is 0 Å². The Kier molecular flexibility index (Phi) is 16.5. The number of hydrogen-bond acceptors (Lipinski definition) is 0. The molecule has 0 bridgehead atoms. The van der Waals surface area contributed by atoms with Crippen molar-refractivity contribution >= 4 is 55.4 Å². The minimum Gasteiger partial charge on any atom is -0.418 e. The molecule has 262 valence electrons. The Morgan fingerprint density at radius 2 is 1.02 bits per heavy atom. The van der Waals surface area contributed by atoms with Crippen LogP contribution in [0.15, 0.2) is 133 Å². The van der Waals surface area contributed by atoms with Gasteiger partial charge >= 0.3 is 26.7 Å². The molecule has 1 aliphatic carbocycles. The van der Waals surface area contributed by atoms with Gasteiger partial charge in [-0.1, -0.05) is 155 Å². The first kappa shape index (κ1) is 39.8. The second-order valence-electron chi connectivity index (χ2n) is 12.3. The topological polar surface area (TPSA) is 0 Å². The van der Waals surface area contributed by atoms with Gasteiger partial charge < -0.3 is 17.3 Å². The van der Waals surface area contributed by atoms with Gasteiger partial charge in [0, 0.05) is 5.03 Å². The molecule has 5 aromatic rings. The first-order valence-corrected chi connectivity index (χ1v) is 20.2. The van der Waals surface area contributed by atoms with E-state index in [4.69, 9.17) is 0 Å². The zero-order chi connectivity index (χ0) is 34.3. The summed E-state index contributed by atoms with van der Waals surface area (Å²) in [4.78, 5) is 0. The predicted molar refractivity (Wildman–Crippen MR) is 212 cm³/mol. The van der Waals surface area contributed by atoms with E-state index in [2.05, 4.69) is 103 Å². The average molecular weight is 800 g/mol. The Morgan fingerprint density at radius 3 is 1.60 bits per heavy atom. The monoisotopic (exact) mass is 800 g/mol. The largest absolute Gasteiger partial charge is 1.00 e.